The number of nitrogens with zero attached hydrogens (tertiary/aromatic N) is 1. The van der Waals surface area contributed by atoms with E-state index in [1.807, 2.05) is 13.8 Å². The summed E-state index contributed by atoms with van der Waals surface area (Å²) < 4.78 is 43.4. The summed E-state index contributed by atoms with van der Waals surface area (Å²) in [6.07, 6.45) is -4.47. The third kappa shape index (κ3) is 3.97. The predicted molar refractivity (Wildman–Crippen MR) is 71.7 cm³/mol. The standard InChI is InChI=1S/C15H18F3NO2/c1-10-9-21-11(2)8-19(10)14(20)7-12-4-3-5-13(6-12)15(16,17)18/h3-6,10-11H,7-9H2,1-2H3. The zero-order valence-electron chi connectivity index (χ0n) is 12.0. The van der Waals surface area contributed by atoms with E-state index in [1.165, 1.54) is 6.07 Å². The minimum Gasteiger partial charge on any atom is -0.375 e. The number of rotatable bonds is 2. The van der Waals surface area contributed by atoms with E-state index in [1.54, 1.807) is 11.0 Å². The van der Waals surface area contributed by atoms with Crippen molar-refractivity contribution in [2.24, 2.45) is 0 Å². The maximum atomic E-state index is 12.7. The number of carbonyl (C=O) groups excluding carboxylic acids is 1. The van der Waals surface area contributed by atoms with Gasteiger partial charge in [-0.2, -0.15) is 13.2 Å². The summed E-state index contributed by atoms with van der Waals surface area (Å²) in [5.74, 6) is -0.169. The first kappa shape index (κ1) is 15.8. The Morgan fingerprint density at radius 2 is 2.10 bits per heavy atom. The fourth-order valence-corrected chi connectivity index (χ4v) is 2.38. The van der Waals surface area contributed by atoms with Crippen LogP contribution in [0.2, 0.25) is 0 Å². The van der Waals surface area contributed by atoms with Crippen molar-refractivity contribution in [3.8, 4) is 0 Å². The quantitative estimate of drug-likeness (QED) is 0.840. The van der Waals surface area contributed by atoms with E-state index in [4.69, 9.17) is 4.74 Å². The number of benzene rings is 1. The topological polar surface area (TPSA) is 29.5 Å². The average Bonchev–Trinajstić information content (AvgIpc) is 2.41. The molecule has 0 saturated carbocycles. The van der Waals surface area contributed by atoms with Gasteiger partial charge in [-0.15, -0.1) is 0 Å². The van der Waals surface area contributed by atoms with Crippen LogP contribution < -0.4 is 0 Å². The lowest BCUT2D eigenvalue weighted by Crippen LogP contribution is -2.50. The van der Waals surface area contributed by atoms with Crippen molar-refractivity contribution in [2.45, 2.75) is 38.6 Å². The molecule has 2 unspecified atom stereocenters. The Morgan fingerprint density at radius 3 is 2.76 bits per heavy atom. The van der Waals surface area contributed by atoms with Crippen molar-refractivity contribution < 1.29 is 22.7 Å². The van der Waals surface area contributed by atoms with Crippen molar-refractivity contribution in [2.75, 3.05) is 13.2 Å². The van der Waals surface area contributed by atoms with Gasteiger partial charge in [0.15, 0.2) is 0 Å². The zero-order chi connectivity index (χ0) is 15.6. The molecule has 2 rings (SSSR count). The lowest BCUT2D eigenvalue weighted by atomic mass is 10.1. The van der Waals surface area contributed by atoms with E-state index in [-0.39, 0.29) is 24.5 Å². The molecule has 2 atom stereocenters. The Bertz CT molecular complexity index is 516. The van der Waals surface area contributed by atoms with Crippen LogP contribution in [0.1, 0.15) is 25.0 Å². The first-order chi connectivity index (χ1) is 9.77. The van der Waals surface area contributed by atoms with Gasteiger partial charge in [0.25, 0.3) is 0 Å². The molecule has 0 spiro atoms. The second-order valence-corrected chi connectivity index (χ2v) is 5.41. The normalized spacial score (nSPS) is 23.2. The van der Waals surface area contributed by atoms with E-state index < -0.39 is 11.7 Å². The van der Waals surface area contributed by atoms with Crippen LogP contribution in [0.25, 0.3) is 0 Å². The highest BCUT2D eigenvalue weighted by Gasteiger charge is 2.31. The third-order valence-corrected chi connectivity index (χ3v) is 3.54. The first-order valence-corrected chi connectivity index (χ1v) is 6.84. The summed E-state index contributed by atoms with van der Waals surface area (Å²) in [5.41, 5.74) is -0.350. The Labute approximate surface area is 121 Å². The number of halogens is 3. The van der Waals surface area contributed by atoms with Crippen LogP contribution in [-0.4, -0.2) is 36.1 Å². The summed E-state index contributed by atoms with van der Waals surface area (Å²) >= 11 is 0. The molecule has 0 bridgehead atoms. The number of alkyl halides is 3. The highest BCUT2D eigenvalue weighted by atomic mass is 19.4. The molecule has 0 radical (unpaired) electrons. The van der Waals surface area contributed by atoms with Crippen molar-refractivity contribution >= 4 is 5.91 Å². The molecule has 1 heterocycles. The van der Waals surface area contributed by atoms with Gasteiger partial charge in [-0.3, -0.25) is 4.79 Å². The van der Waals surface area contributed by atoms with Gasteiger partial charge in [-0.1, -0.05) is 18.2 Å². The first-order valence-electron chi connectivity index (χ1n) is 6.84. The Kier molecular flexibility index (Phi) is 4.56. The van der Waals surface area contributed by atoms with Gasteiger partial charge < -0.3 is 9.64 Å². The molecule has 0 aliphatic carbocycles. The van der Waals surface area contributed by atoms with Crippen molar-refractivity contribution in [1.82, 2.24) is 4.90 Å². The molecule has 1 aromatic carbocycles. The van der Waals surface area contributed by atoms with E-state index in [0.29, 0.717) is 18.7 Å². The number of hydrogen-bond acceptors (Lipinski definition) is 2. The van der Waals surface area contributed by atoms with Crippen LogP contribution >= 0.6 is 0 Å². The van der Waals surface area contributed by atoms with Gasteiger partial charge in [-0.25, -0.2) is 0 Å². The smallest absolute Gasteiger partial charge is 0.375 e. The second-order valence-electron chi connectivity index (χ2n) is 5.41. The van der Waals surface area contributed by atoms with Crippen LogP contribution in [0, 0.1) is 0 Å². The molecule has 1 amide bonds. The minimum absolute atomic E-state index is 0.0268. The monoisotopic (exact) mass is 301 g/mol. The maximum Gasteiger partial charge on any atom is 0.416 e. The highest BCUT2D eigenvalue weighted by Crippen LogP contribution is 2.29. The van der Waals surface area contributed by atoms with Crippen LogP contribution in [0.3, 0.4) is 0 Å². The van der Waals surface area contributed by atoms with E-state index in [9.17, 15) is 18.0 Å². The molecule has 6 heteroatoms. The fourth-order valence-electron chi connectivity index (χ4n) is 2.38. The number of amides is 1. The summed E-state index contributed by atoms with van der Waals surface area (Å²) in [4.78, 5) is 13.9. The molecule has 21 heavy (non-hydrogen) atoms. The Balaban J connectivity index is 2.09. The van der Waals surface area contributed by atoms with Crippen LogP contribution in [0.4, 0.5) is 13.2 Å². The van der Waals surface area contributed by atoms with E-state index in [2.05, 4.69) is 0 Å². The largest absolute Gasteiger partial charge is 0.416 e. The maximum absolute atomic E-state index is 12.7. The number of hydrogen-bond donors (Lipinski definition) is 0. The molecule has 1 fully saturated rings. The van der Waals surface area contributed by atoms with Gasteiger partial charge in [0, 0.05) is 6.54 Å². The summed E-state index contributed by atoms with van der Waals surface area (Å²) in [7, 11) is 0. The van der Waals surface area contributed by atoms with E-state index >= 15 is 0 Å². The van der Waals surface area contributed by atoms with Crippen LogP contribution in [0.15, 0.2) is 24.3 Å². The summed E-state index contributed by atoms with van der Waals surface area (Å²) in [6.45, 7) is 4.67. The fraction of sp³-hybridized carbons (Fsp3) is 0.533. The Hall–Kier alpha value is -1.56. The molecule has 116 valence electrons. The summed E-state index contributed by atoms with van der Waals surface area (Å²) in [6, 6.07) is 4.86. The van der Waals surface area contributed by atoms with Crippen molar-refractivity contribution in [1.29, 1.82) is 0 Å². The Morgan fingerprint density at radius 1 is 1.38 bits per heavy atom. The van der Waals surface area contributed by atoms with Gasteiger partial charge in [0.1, 0.15) is 0 Å². The predicted octanol–water partition coefficient (Wildman–Crippen LogP) is 2.88. The van der Waals surface area contributed by atoms with Crippen LogP contribution in [0.5, 0.6) is 0 Å². The molecule has 0 N–H and O–H groups in total. The number of ether oxygens (including phenoxy) is 1. The van der Waals surface area contributed by atoms with Crippen LogP contribution in [-0.2, 0) is 22.1 Å². The van der Waals surface area contributed by atoms with Crippen molar-refractivity contribution in [3.05, 3.63) is 35.4 Å². The molecule has 1 aromatic rings. The number of carbonyl (C=O) groups is 1. The van der Waals surface area contributed by atoms with Gasteiger partial charge in [0.05, 0.1) is 30.7 Å². The molecule has 1 saturated heterocycles. The lowest BCUT2D eigenvalue weighted by molar-refractivity contribution is -0.142. The molecule has 0 aromatic heterocycles. The van der Waals surface area contributed by atoms with Gasteiger partial charge in [-0.05, 0) is 25.5 Å². The SMILES string of the molecule is CC1CN(C(=O)Cc2cccc(C(F)(F)F)c2)C(C)CO1. The molecule has 3 nitrogen and oxygen atoms in total. The van der Waals surface area contributed by atoms with Gasteiger partial charge in [0.2, 0.25) is 5.91 Å². The number of morpholine rings is 1. The zero-order valence-corrected chi connectivity index (χ0v) is 12.0. The van der Waals surface area contributed by atoms with Crippen molar-refractivity contribution in [3.63, 3.8) is 0 Å². The van der Waals surface area contributed by atoms with Gasteiger partial charge >= 0.3 is 6.18 Å². The molecule has 1 aliphatic rings. The second kappa shape index (κ2) is 6.05. The minimum atomic E-state index is -4.39. The molecule has 1 aliphatic heterocycles. The van der Waals surface area contributed by atoms with E-state index in [0.717, 1.165) is 12.1 Å². The molecular formula is C15H18F3NO2. The molecular weight excluding hydrogens is 283 g/mol. The lowest BCUT2D eigenvalue weighted by Gasteiger charge is -2.37. The average molecular weight is 301 g/mol. The summed E-state index contributed by atoms with van der Waals surface area (Å²) in [5, 5.41) is 0. The highest BCUT2D eigenvalue weighted by molar-refractivity contribution is 5.79. The third-order valence-electron chi connectivity index (χ3n) is 3.54.